The van der Waals surface area contributed by atoms with Crippen LogP contribution in [0.2, 0.25) is 0 Å². The van der Waals surface area contributed by atoms with Gasteiger partial charge in [0.2, 0.25) is 5.91 Å². The lowest BCUT2D eigenvalue weighted by Gasteiger charge is -2.33. The number of rotatable bonds is 9. The normalized spacial score (nSPS) is 17.2. The number of ether oxygens (including phenoxy) is 2. The van der Waals surface area contributed by atoms with Gasteiger partial charge in [0.25, 0.3) is 0 Å². The van der Waals surface area contributed by atoms with E-state index in [2.05, 4.69) is 17.6 Å². The van der Waals surface area contributed by atoms with Crippen molar-refractivity contribution in [3.05, 3.63) is 70.9 Å². The summed E-state index contributed by atoms with van der Waals surface area (Å²) in [6, 6.07) is 13.7. The third-order valence-corrected chi connectivity index (χ3v) is 5.89. The average Bonchev–Trinajstić information content (AvgIpc) is 3.22. The number of amides is 3. The maximum absolute atomic E-state index is 13.0. The summed E-state index contributed by atoms with van der Waals surface area (Å²) in [7, 11) is 0. The summed E-state index contributed by atoms with van der Waals surface area (Å²) in [6.45, 7) is 4.16. The van der Waals surface area contributed by atoms with Crippen LogP contribution in [-0.4, -0.2) is 42.6 Å². The molecule has 0 spiro atoms. The summed E-state index contributed by atoms with van der Waals surface area (Å²) in [4.78, 5) is 39.6. The topological polar surface area (TPSA) is 97.0 Å². The number of esters is 1. The van der Waals surface area contributed by atoms with Crippen LogP contribution in [0.15, 0.2) is 59.8 Å². The number of para-hydroxylation sites is 1. The Hall–Kier alpha value is -3.81. The summed E-state index contributed by atoms with van der Waals surface area (Å²) < 4.78 is 10.9. The van der Waals surface area contributed by atoms with E-state index in [-0.39, 0.29) is 19.1 Å². The summed E-state index contributed by atoms with van der Waals surface area (Å²) in [5.41, 5.74) is 3.25. The Bertz CT molecular complexity index is 1110. The second kappa shape index (κ2) is 10.4. The van der Waals surface area contributed by atoms with Crippen LogP contribution in [0.5, 0.6) is 5.75 Å². The standard InChI is InChI=1S/C26H29N3O5/c1-3-5-8-17-11-13-18(14-12-17)27-22(30)15-29-20-16-34-25(31)23(20)24(28-26(29)32)19-9-6-7-10-21(19)33-4-2/h6-7,9-14,24H,3-5,8,15-16H2,1-2H3,(H,27,30)(H,28,32). The number of unbranched alkanes of at least 4 members (excludes halogenated alkanes) is 1. The summed E-state index contributed by atoms with van der Waals surface area (Å²) in [6.07, 6.45) is 3.24. The number of anilines is 1. The number of hydrogen-bond donors (Lipinski definition) is 2. The van der Waals surface area contributed by atoms with Crippen LogP contribution in [0.1, 0.15) is 43.9 Å². The third-order valence-electron chi connectivity index (χ3n) is 5.89. The van der Waals surface area contributed by atoms with Gasteiger partial charge in [0, 0.05) is 11.3 Å². The summed E-state index contributed by atoms with van der Waals surface area (Å²) in [5, 5.41) is 5.67. The van der Waals surface area contributed by atoms with Gasteiger partial charge in [-0.1, -0.05) is 43.7 Å². The van der Waals surface area contributed by atoms with Crippen LogP contribution in [0.4, 0.5) is 10.5 Å². The number of aryl methyl sites for hydroxylation is 1. The SMILES string of the molecule is CCCCc1ccc(NC(=O)CN2C(=O)NC(c3ccccc3OCC)C3=C2COC3=O)cc1. The van der Waals surface area contributed by atoms with E-state index < -0.39 is 18.0 Å². The molecule has 3 amide bonds. The minimum absolute atomic E-state index is 0.0612. The second-order valence-corrected chi connectivity index (χ2v) is 8.22. The van der Waals surface area contributed by atoms with Crippen molar-refractivity contribution in [3.63, 3.8) is 0 Å². The minimum Gasteiger partial charge on any atom is -0.494 e. The molecule has 2 aromatic carbocycles. The summed E-state index contributed by atoms with van der Waals surface area (Å²) in [5.74, 6) is -0.300. The largest absolute Gasteiger partial charge is 0.494 e. The molecule has 2 heterocycles. The van der Waals surface area contributed by atoms with E-state index in [0.717, 1.165) is 19.3 Å². The Morgan fingerprint density at radius 1 is 1.15 bits per heavy atom. The molecule has 0 saturated heterocycles. The Balaban J connectivity index is 1.52. The van der Waals surface area contributed by atoms with Gasteiger partial charge in [-0.3, -0.25) is 9.69 Å². The lowest BCUT2D eigenvalue weighted by molar-refractivity contribution is -0.136. The zero-order chi connectivity index (χ0) is 24.1. The molecule has 178 valence electrons. The quantitative estimate of drug-likeness (QED) is 0.549. The van der Waals surface area contributed by atoms with Crippen molar-refractivity contribution in [2.24, 2.45) is 0 Å². The fourth-order valence-corrected chi connectivity index (χ4v) is 4.20. The first kappa shape index (κ1) is 23.4. The van der Waals surface area contributed by atoms with Crippen LogP contribution >= 0.6 is 0 Å². The number of benzene rings is 2. The predicted molar refractivity (Wildman–Crippen MR) is 127 cm³/mol. The number of urea groups is 1. The zero-order valence-corrected chi connectivity index (χ0v) is 19.4. The molecule has 2 aromatic rings. The first-order valence-electron chi connectivity index (χ1n) is 11.6. The van der Waals surface area contributed by atoms with Crippen LogP contribution in [0.25, 0.3) is 0 Å². The molecule has 8 heteroatoms. The maximum atomic E-state index is 13.0. The molecule has 0 radical (unpaired) electrons. The van der Waals surface area contributed by atoms with Crippen molar-refractivity contribution in [1.82, 2.24) is 10.2 Å². The van der Waals surface area contributed by atoms with Crippen LogP contribution in [0.3, 0.4) is 0 Å². The highest BCUT2D eigenvalue weighted by Crippen LogP contribution is 2.38. The molecule has 0 aromatic heterocycles. The molecule has 34 heavy (non-hydrogen) atoms. The van der Waals surface area contributed by atoms with Crippen molar-refractivity contribution < 1.29 is 23.9 Å². The lowest BCUT2D eigenvalue weighted by atomic mass is 9.95. The van der Waals surface area contributed by atoms with E-state index in [9.17, 15) is 14.4 Å². The molecule has 0 saturated carbocycles. The van der Waals surface area contributed by atoms with Crippen LogP contribution in [-0.2, 0) is 20.7 Å². The van der Waals surface area contributed by atoms with Gasteiger partial charge in [-0.25, -0.2) is 9.59 Å². The maximum Gasteiger partial charge on any atom is 0.338 e. The molecule has 0 fully saturated rings. The Kier molecular flexibility index (Phi) is 7.15. The second-order valence-electron chi connectivity index (χ2n) is 8.22. The van der Waals surface area contributed by atoms with Crippen molar-refractivity contribution in [2.45, 2.75) is 39.2 Å². The van der Waals surface area contributed by atoms with E-state index >= 15 is 0 Å². The van der Waals surface area contributed by atoms with Gasteiger partial charge in [-0.05, 0) is 43.5 Å². The fraction of sp³-hybridized carbons (Fsp3) is 0.346. The highest BCUT2D eigenvalue weighted by molar-refractivity contribution is 6.00. The Morgan fingerprint density at radius 3 is 2.65 bits per heavy atom. The number of nitrogens with one attached hydrogen (secondary N) is 2. The van der Waals surface area contributed by atoms with Gasteiger partial charge in [0.15, 0.2) is 0 Å². The number of carbonyl (C=O) groups excluding carboxylic acids is 3. The van der Waals surface area contributed by atoms with Gasteiger partial charge in [-0.15, -0.1) is 0 Å². The highest BCUT2D eigenvalue weighted by Gasteiger charge is 2.43. The Morgan fingerprint density at radius 2 is 1.91 bits per heavy atom. The van der Waals surface area contributed by atoms with E-state index in [1.807, 2.05) is 43.3 Å². The molecule has 1 unspecified atom stereocenters. The molecule has 2 aliphatic heterocycles. The van der Waals surface area contributed by atoms with E-state index in [0.29, 0.717) is 34.9 Å². The predicted octanol–water partition coefficient (Wildman–Crippen LogP) is 3.94. The van der Waals surface area contributed by atoms with Crippen molar-refractivity contribution in [2.75, 3.05) is 25.1 Å². The minimum atomic E-state index is -0.713. The molecule has 4 rings (SSSR count). The fourth-order valence-electron chi connectivity index (χ4n) is 4.20. The third kappa shape index (κ3) is 4.90. The molecule has 8 nitrogen and oxygen atoms in total. The van der Waals surface area contributed by atoms with Gasteiger partial charge >= 0.3 is 12.0 Å². The molecule has 0 bridgehead atoms. The van der Waals surface area contributed by atoms with Gasteiger partial charge in [0.05, 0.1) is 23.9 Å². The van der Waals surface area contributed by atoms with E-state index in [4.69, 9.17) is 9.47 Å². The molecule has 0 aliphatic carbocycles. The van der Waals surface area contributed by atoms with Gasteiger partial charge in [-0.2, -0.15) is 0 Å². The van der Waals surface area contributed by atoms with Crippen LogP contribution < -0.4 is 15.4 Å². The first-order valence-corrected chi connectivity index (χ1v) is 11.6. The van der Waals surface area contributed by atoms with Gasteiger partial charge < -0.3 is 20.1 Å². The summed E-state index contributed by atoms with van der Waals surface area (Å²) >= 11 is 0. The molecular weight excluding hydrogens is 434 g/mol. The van der Waals surface area contributed by atoms with Crippen LogP contribution in [0, 0.1) is 0 Å². The first-order chi connectivity index (χ1) is 16.5. The smallest absolute Gasteiger partial charge is 0.338 e. The molecular formula is C26H29N3O5. The lowest BCUT2D eigenvalue weighted by Crippen LogP contribution is -2.49. The number of cyclic esters (lactones) is 1. The highest BCUT2D eigenvalue weighted by atomic mass is 16.5. The Labute approximate surface area is 198 Å². The van der Waals surface area contributed by atoms with E-state index in [1.54, 1.807) is 12.1 Å². The molecule has 1 atom stereocenters. The monoisotopic (exact) mass is 463 g/mol. The average molecular weight is 464 g/mol. The molecule has 2 aliphatic rings. The zero-order valence-electron chi connectivity index (χ0n) is 19.4. The molecule has 2 N–H and O–H groups in total. The van der Waals surface area contributed by atoms with Gasteiger partial charge in [0.1, 0.15) is 18.9 Å². The van der Waals surface area contributed by atoms with Crippen molar-refractivity contribution in [1.29, 1.82) is 0 Å². The van der Waals surface area contributed by atoms with E-state index in [1.165, 1.54) is 10.5 Å². The van der Waals surface area contributed by atoms with Crippen molar-refractivity contribution >= 4 is 23.6 Å². The number of carbonyl (C=O) groups is 3. The van der Waals surface area contributed by atoms with Crippen molar-refractivity contribution in [3.8, 4) is 5.75 Å². The number of hydrogen-bond acceptors (Lipinski definition) is 5. The number of nitrogens with zero attached hydrogens (tertiary/aromatic N) is 1.